The fourth-order valence-corrected chi connectivity index (χ4v) is 2.46. The summed E-state index contributed by atoms with van der Waals surface area (Å²) < 4.78 is 8.17. The maximum atomic E-state index is 10.7. The van der Waals surface area contributed by atoms with Crippen LogP contribution in [-0.4, -0.2) is 26.0 Å². The number of carboxylic acids is 1. The Balaban J connectivity index is 4.83. The topological polar surface area (TPSA) is 46.5 Å². The first-order valence-corrected chi connectivity index (χ1v) is 11.0. The van der Waals surface area contributed by atoms with Gasteiger partial charge in [-0.3, -0.25) is 4.79 Å². The predicted octanol–water partition coefficient (Wildman–Crippen LogP) is 5.14. The number of hydrogen-bond donors (Lipinski definition) is 1. The molecule has 0 amide bonds. The third kappa shape index (κ3) is 7.59. The van der Waals surface area contributed by atoms with Crippen LogP contribution in [0.5, 0.6) is 0 Å². The van der Waals surface area contributed by atoms with Gasteiger partial charge < -0.3 is 9.53 Å². The Hall–Kier alpha value is -0.143. The van der Waals surface area contributed by atoms with E-state index in [2.05, 4.69) is 56.5 Å². The van der Waals surface area contributed by atoms with Crippen molar-refractivity contribution in [2.75, 3.05) is 6.61 Å². The van der Waals surface area contributed by atoms with Crippen molar-refractivity contribution in [2.45, 2.75) is 58.7 Å². The lowest BCUT2D eigenvalue weighted by atomic mass is 10.1. The molecule has 0 fully saturated rings. The smallest absolute Gasteiger partial charge is 0.303 e. The first kappa shape index (κ1) is 19.9. The molecule has 0 aliphatic carbocycles. The Kier molecular flexibility index (Phi) is 8.28. The van der Waals surface area contributed by atoms with Crippen LogP contribution in [0, 0.1) is 0 Å². The van der Waals surface area contributed by atoms with Gasteiger partial charge in [-0.2, -0.15) is 0 Å². The summed E-state index contributed by atoms with van der Waals surface area (Å²) in [5.41, 5.74) is 2.19. The van der Waals surface area contributed by atoms with Gasteiger partial charge in [0.25, 0.3) is 0 Å². The van der Waals surface area contributed by atoms with Gasteiger partial charge in [0.2, 0.25) is 0 Å². The first-order valence-electron chi connectivity index (χ1n) is 6.82. The third-order valence-corrected chi connectivity index (χ3v) is 9.15. The molecule has 0 unspecified atom stereocenters. The Labute approximate surface area is 137 Å². The van der Waals surface area contributed by atoms with Crippen molar-refractivity contribution >= 4 is 36.9 Å². The lowest BCUT2D eigenvalue weighted by Crippen LogP contribution is -2.41. The fraction of sp³-hybridized carbons (Fsp3) is 0.667. The fourth-order valence-electron chi connectivity index (χ4n) is 1.30. The maximum absolute atomic E-state index is 10.7. The minimum atomic E-state index is -1.79. The van der Waals surface area contributed by atoms with Gasteiger partial charge >= 0.3 is 5.97 Å². The summed E-state index contributed by atoms with van der Waals surface area (Å²) in [4.78, 5) is 10.7. The van der Waals surface area contributed by atoms with E-state index < -0.39 is 14.3 Å². The Bertz CT molecular complexity index is 392. The van der Waals surface area contributed by atoms with Crippen molar-refractivity contribution in [3.05, 3.63) is 21.3 Å². The summed E-state index contributed by atoms with van der Waals surface area (Å²) in [5.74, 6) is -0.765. The molecule has 0 radical (unpaired) electrons. The minimum Gasteiger partial charge on any atom is -0.481 e. The van der Waals surface area contributed by atoms with Crippen LogP contribution in [0.15, 0.2) is 21.3 Å². The van der Waals surface area contributed by atoms with Crippen LogP contribution in [0.1, 0.15) is 40.5 Å². The molecule has 0 aliphatic heterocycles. The number of hydrogen-bond acceptors (Lipinski definition) is 2. The summed E-state index contributed by atoms with van der Waals surface area (Å²) in [6.45, 7) is 13.6. The number of allylic oxidation sites excluding steroid dienone is 2. The molecule has 0 aromatic heterocycles. The lowest BCUT2D eigenvalue weighted by molar-refractivity contribution is -0.136. The van der Waals surface area contributed by atoms with Gasteiger partial charge in [-0.05, 0) is 46.7 Å². The normalized spacial score (nSPS) is 14.6. The van der Waals surface area contributed by atoms with Gasteiger partial charge in [-0.25, -0.2) is 0 Å². The molecule has 0 aliphatic rings. The molecule has 0 aromatic carbocycles. The highest BCUT2D eigenvalue weighted by Gasteiger charge is 2.37. The minimum absolute atomic E-state index is 0.154. The van der Waals surface area contributed by atoms with Gasteiger partial charge in [0.05, 0.1) is 6.61 Å². The molecule has 0 saturated carbocycles. The molecule has 3 nitrogen and oxygen atoms in total. The molecular weight excluding hydrogens is 383 g/mol. The standard InChI is InChI=1S/C15H27IO3Si/c1-12(10-16)9-13(7-8-14(17)18)11-19-20(5,6)15(2,3)4/h9-10H,7-8,11H2,1-6H3,(H,17,18)/b12-10-,13-9-. The van der Waals surface area contributed by atoms with Crippen molar-refractivity contribution < 1.29 is 14.3 Å². The van der Waals surface area contributed by atoms with Crippen LogP contribution in [0.4, 0.5) is 0 Å². The maximum Gasteiger partial charge on any atom is 0.303 e. The highest BCUT2D eigenvalue weighted by Crippen LogP contribution is 2.36. The van der Waals surface area contributed by atoms with Gasteiger partial charge in [-0.15, -0.1) is 0 Å². The van der Waals surface area contributed by atoms with E-state index in [-0.39, 0.29) is 11.5 Å². The predicted molar refractivity (Wildman–Crippen MR) is 95.9 cm³/mol. The largest absolute Gasteiger partial charge is 0.481 e. The van der Waals surface area contributed by atoms with Crippen molar-refractivity contribution in [3.8, 4) is 0 Å². The Morgan fingerprint density at radius 2 is 1.85 bits per heavy atom. The first-order chi connectivity index (χ1) is 8.99. The highest BCUT2D eigenvalue weighted by molar-refractivity contribution is 14.1. The van der Waals surface area contributed by atoms with E-state index in [1.165, 1.54) is 0 Å². The summed E-state index contributed by atoms with van der Waals surface area (Å²) >= 11 is 2.19. The molecular formula is C15H27IO3Si. The highest BCUT2D eigenvalue weighted by atomic mass is 127. The van der Waals surface area contributed by atoms with Gasteiger partial charge in [-0.1, -0.05) is 49.4 Å². The van der Waals surface area contributed by atoms with Crippen molar-refractivity contribution in [2.24, 2.45) is 0 Å². The number of carboxylic acid groups (broad SMARTS) is 1. The van der Waals surface area contributed by atoms with Crippen LogP contribution < -0.4 is 0 Å². The Morgan fingerprint density at radius 1 is 1.30 bits per heavy atom. The molecule has 0 bridgehead atoms. The molecule has 0 saturated heterocycles. The van der Waals surface area contributed by atoms with Gasteiger partial charge in [0, 0.05) is 6.42 Å². The number of rotatable bonds is 7. The summed E-state index contributed by atoms with van der Waals surface area (Å²) in [6.07, 6.45) is 2.75. The zero-order valence-corrected chi connectivity index (χ0v) is 16.6. The zero-order valence-electron chi connectivity index (χ0n) is 13.4. The monoisotopic (exact) mass is 410 g/mol. The average molecular weight is 410 g/mol. The van der Waals surface area contributed by atoms with E-state index >= 15 is 0 Å². The van der Waals surface area contributed by atoms with E-state index in [4.69, 9.17) is 9.53 Å². The van der Waals surface area contributed by atoms with Crippen molar-refractivity contribution in [3.63, 3.8) is 0 Å². The molecule has 0 atom stereocenters. The molecule has 20 heavy (non-hydrogen) atoms. The van der Waals surface area contributed by atoms with Crippen LogP contribution in [0.3, 0.4) is 0 Å². The van der Waals surface area contributed by atoms with Crippen LogP contribution in [0.25, 0.3) is 0 Å². The average Bonchev–Trinajstić information content (AvgIpc) is 2.30. The SMILES string of the molecule is CC(=C/I)/C=C(/CCC(=O)O)CO[Si](C)(C)C(C)(C)C. The summed E-state index contributed by atoms with van der Waals surface area (Å²) in [5, 5.41) is 9.00. The van der Waals surface area contributed by atoms with E-state index in [0.717, 1.165) is 11.1 Å². The second-order valence-electron chi connectivity index (χ2n) is 6.60. The number of carbonyl (C=O) groups is 1. The summed E-state index contributed by atoms with van der Waals surface area (Å²) in [7, 11) is -1.79. The van der Waals surface area contributed by atoms with E-state index in [1.54, 1.807) is 0 Å². The molecule has 0 aromatic rings. The summed E-state index contributed by atoms with van der Waals surface area (Å²) in [6, 6.07) is 0. The third-order valence-electron chi connectivity index (χ3n) is 3.69. The van der Waals surface area contributed by atoms with Crippen LogP contribution in [0.2, 0.25) is 18.1 Å². The van der Waals surface area contributed by atoms with Crippen LogP contribution >= 0.6 is 22.6 Å². The van der Waals surface area contributed by atoms with Crippen LogP contribution in [-0.2, 0) is 9.22 Å². The van der Waals surface area contributed by atoms with E-state index in [1.807, 2.05) is 17.1 Å². The molecule has 1 N–H and O–H groups in total. The van der Waals surface area contributed by atoms with E-state index in [9.17, 15) is 4.79 Å². The lowest BCUT2D eigenvalue weighted by Gasteiger charge is -2.36. The molecule has 116 valence electrons. The Morgan fingerprint density at radius 3 is 2.25 bits per heavy atom. The van der Waals surface area contributed by atoms with Crippen molar-refractivity contribution in [1.82, 2.24) is 0 Å². The van der Waals surface area contributed by atoms with Gasteiger partial charge in [0.1, 0.15) is 0 Å². The molecule has 0 rings (SSSR count). The zero-order chi connectivity index (χ0) is 16.0. The van der Waals surface area contributed by atoms with Gasteiger partial charge in [0.15, 0.2) is 8.32 Å². The number of aliphatic carboxylic acids is 1. The van der Waals surface area contributed by atoms with Crippen molar-refractivity contribution in [1.29, 1.82) is 0 Å². The molecule has 5 heteroatoms. The molecule has 0 spiro atoms. The second kappa shape index (κ2) is 8.34. The number of halogens is 1. The molecule has 0 heterocycles. The quantitative estimate of drug-likeness (QED) is 0.359. The van der Waals surface area contributed by atoms with E-state index in [0.29, 0.717) is 13.0 Å². The second-order valence-corrected chi connectivity index (χ2v) is 12.0.